The van der Waals surface area contributed by atoms with E-state index in [-0.39, 0.29) is 4.90 Å². The van der Waals surface area contributed by atoms with Crippen molar-refractivity contribution in [2.45, 2.75) is 4.90 Å². The van der Waals surface area contributed by atoms with Crippen molar-refractivity contribution in [2.75, 3.05) is 26.3 Å². The number of morpholine rings is 1. The van der Waals surface area contributed by atoms with Gasteiger partial charge in [0.25, 0.3) is 10.0 Å². The van der Waals surface area contributed by atoms with E-state index < -0.39 is 21.4 Å². The summed E-state index contributed by atoms with van der Waals surface area (Å²) in [7, 11) is -3.97. The number of benzene rings is 1. The van der Waals surface area contributed by atoms with Crippen molar-refractivity contribution in [3.05, 3.63) is 29.6 Å². The van der Waals surface area contributed by atoms with Crippen LogP contribution >= 0.6 is 0 Å². The summed E-state index contributed by atoms with van der Waals surface area (Å²) in [6, 6.07) is 5.07. The van der Waals surface area contributed by atoms with Crippen molar-refractivity contribution in [2.24, 2.45) is 0 Å². The van der Waals surface area contributed by atoms with Crippen molar-refractivity contribution in [1.29, 1.82) is 5.26 Å². The molecule has 0 spiro atoms. The van der Waals surface area contributed by atoms with Gasteiger partial charge >= 0.3 is 0 Å². The van der Waals surface area contributed by atoms with E-state index in [2.05, 4.69) is 4.83 Å². The molecule has 6 nitrogen and oxygen atoms in total. The second-order valence-corrected chi connectivity index (χ2v) is 5.55. The summed E-state index contributed by atoms with van der Waals surface area (Å²) in [4.78, 5) is 1.96. The number of sulfonamides is 1. The Labute approximate surface area is 110 Å². The molecule has 1 aliphatic rings. The Balaban J connectivity index is 2.29. The fourth-order valence-electron chi connectivity index (χ4n) is 1.71. The molecule has 1 aliphatic heterocycles. The van der Waals surface area contributed by atoms with Crippen LogP contribution in [0.5, 0.6) is 0 Å². The SMILES string of the molecule is N#Cc1c(F)cccc1S(=O)(=O)NN1CCOCC1. The largest absolute Gasteiger partial charge is 0.379 e. The van der Waals surface area contributed by atoms with Crippen molar-refractivity contribution < 1.29 is 17.5 Å². The van der Waals surface area contributed by atoms with E-state index in [4.69, 9.17) is 10.00 Å². The summed E-state index contributed by atoms with van der Waals surface area (Å²) in [6.45, 7) is 1.63. The maximum Gasteiger partial charge on any atom is 0.254 e. The van der Waals surface area contributed by atoms with Gasteiger partial charge < -0.3 is 4.74 Å². The number of hydrogen-bond acceptors (Lipinski definition) is 5. The Kier molecular flexibility index (Phi) is 4.11. The fraction of sp³-hybridized carbons (Fsp3) is 0.364. The van der Waals surface area contributed by atoms with Crippen LogP contribution in [0.15, 0.2) is 23.1 Å². The lowest BCUT2D eigenvalue weighted by atomic mass is 10.2. The van der Waals surface area contributed by atoms with Gasteiger partial charge in [0, 0.05) is 13.1 Å². The van der Waals surface area contributed by atoms with Crippen LogP contribution in [0.4, 0.5) is 4.39 Å². The molecule has 8 heteroatoms. The zero-order chi connectivity index (χ0) is 13.9. The van der Waals surface area contributed by atoms with Crippen LogP contribution in [0.1, 0.15) is 5.56 Å². The van der Waals surface area contributed by atoms with E-state index in [0.717, 1.165) is 6.07 Å². The molecule has 0 unspecified atom stereocenters. The summed E-state index contributed by atoms with van der Waals surface area (Å²) in [5, 5.41) is 10.3. The number of ether oxygens (including phenoxy) is 1. The number of hydrogen-bond donors (Lipinski definition) is 1. The standard InChI is InChI=1S/C11H12FN3O3S/c12-10-2-1-3-11(9(10)8-13)19(16,17)14-15-4-6-18-7-5-15/h1-3,14H,4-7H2. The van der Waals surface area contributed by atoms with Gasteiger partial charge in [-0.2, -0.15) is 5.26 Å². The highest BCUT2D eigenvalue weighted by Crippen LogP contribution is 2.18. The van der Waals surface area contributed by atoms with Gasteiger partial charge in [0.2, 0.25) is 0 Å². The molecule has 2 rings (SSSR count). The molecular weight excluding hydrogens is 273 g/mol. The molecule has 1 fully saturated rings. The predicted molar refractivity (Wildman–Crippen MR) is 63.8 cm³/mol. The van der Waals surface area contributed by atoms with Gasteiger partial charge in [-0.25, -0.2) is 17.8 Å². The van der Waals surface area contributed by atoms with Crippen LogP contribution in [0, 0.1) is 17.1 Å². The highest BCUT2D eigenvalue weighted by Gasteiger charge is 2.24. The topological polar surface area (TPSA) is 82.4 Å². The van der Waals surface area contributed by atoms with Gasteiger partial charge in [0.15, 0.2) is 0 Å². The second-order valence-electron chi connectivity index (χ2n) is 3.92. The molecule has 0 bridgehead atoms. The van der Waals surface area contributed by atoms with Crippen LogP contribution < -0.4 is 4.83 Å². The molecule has 0 amide bonds. The van der Waals surface area contributed by atoms with E-state index in [0.29, 0.717) is 26.3 Å². The molecule has 1 aromatic rings. The van der Waals surface area contributed by atoms with Gasteiger partial charge in [0.05, 0.1) is 13.2 Å². The van der Waals surface area contributed by atoms with E-state index in [9.17, 15) is 12.8 Å². The number of nitrogens with one attached hydrogen (secondary N) is 1. The van der Waals surface area contributed by atoms with Crippen LogP contribution in [0.3, 0.4) is 0 Å². The molecule has 0 atom stereocenters. The highest BCUT2D eigenvalue weighted by molar-refractivity contribution is 7.89. The number of hydrazine groups is 1. The van der Waals surface area contributed by atoms with Gasteiger partial charge in [-0.15, -0.1) is 4.83 Å². The zero-order valence-corrected chi connectivity index (χ0v) is 10.8. The first-order valence-electron chi connectivity index (χ1n) is 5.58. The third-order valence-electron chi connectivity index (χ3n) is 2.64. The number of rotatable bonds is 3. The summed E-state index contributed by atoms with van der Waals surface area (Å²) < 4.78 is 42.7. The fourth-order valence-corrected chi connectivity index (χ4v) is 3.00. The summed E-state index contributed by atoms with van der Waals surface area (Å²) in [5.41, 5.74) is -0.483. The van der Waals surface area contributed by atoms with E-state index in [1.807, 2.05) is 0 Å². The lowest BCUT2D eigenvalue weighted by Gasteiger charge is -2.26. The molecule has 0 saturated carbocycles. The minimum absolute atomic E-state index is 0.360. The lowest BCUT2D eigenvalue weighted by Crippen LogP contribution is -2.48. The predicted octanol–water partition coefficient (Wildman–Crippen LogP) is 0.223. The van der Waals surface area contributed by atoms with Crippen LogP contribution in [0.25, 0.3) is 0 Å². The van der Waals surface area contributed by atoms with Crippen LogP contribution in [-0.4, -0.2) is 39.7 Å². The zero-order valence-electron chi connectivity index (χ0n) is 9.97. The minimum atomic E-state index is -3.97. The highest BCUT2D eigenvalue weighted by atomic mass is 32.2. The maximum absolute atomic E-state index is 13.4. The first kappa shape index (κ1) is 13.9. The Bertz CT molecular complexity index is 606. The normalized spacial score (nSPS) is 17.1. The quantitative estimate of drug-likeness (QED) is 0.859. The van der Waals surface area contributed by atoms with E-state index in [1.165, 1.54) is 17.1 Å². The van der Waals surface area contributed by atoms with Gasteiger partial charge in [-0.05, 0) is 12.1 Å². The molecule has 1 aromatic carbocycles. The molecule has 1 N–H and O–H groups in total. The molecule has 0 radical (unpaired) electrons. The van der Waals surface area contributed by atoms with Crippen molar-refractivity contribution in [3.8, 4) is 6.07 Å². The third-order valence-corrected chi connectivity index (χ3v) is 4.05. The molecule has 1 saturated heterocycles. The monoisotopic (exact) mass is 285 g/mol. The van der Waals surface area contributed by atoms with Gasteiger partial charge in [-0.1, -0.05) is 6.07 Å². The average Bonchev–Trinajstić information content (AvgIpc) is 2.39. The third kappa shape index (κ3) is 3.08. The van der Waals surface area contributed by atoms with E-state index >= 15 is 0 Å². The first-order valence-corrected chi connectivity index (χ1v) is 7.06. The van der Waals surface area contributed by atoms with Crippen molar-refractivity contribution >= 4 is 10.0 Å². The minimum Gasteiger partial charge on any atom is -0.379 e. The lowest BCUT2D eigenvalue weighted by molar-refractivity contribution is 0.0272. The number of nitriles is 1. The molecule has 102 valence electrons. The smallest absolute Gasteiger partial charge is 0.254 e. The van der Waals surface area contributed by atoms with Crippen molar-refractivity contribution in [1.82, 2.24) is 9.84 Å². The maximum atomic E-state index is 13.4. The number of nitrogens with zero attached hydrogens (tertiary/aromatic N) is 2. The first-order chi connectivity index (χ1) is 9.04. The summed E-state index contributed by atoms with van der Waals surface area (Å²) >= 11 is 0. The summed E-state index contributed by atoms with van der Waals surface area (Å²) in [6.07, 6.45) is 0. The Morgan fingerprint density at radius 3 is 2.68 bits per heavy atom. The van der Waals surface area contributed by atoms with Gasteiger partial charge in [0.1, 0.15) is 22.3 Å². The van der Waals surface area contributed by atoms with Gasteiger partial charge in [-0.3, -0.25) is 0 Å². The van der Waals surface area contributed by atoms with E-state index in [1.54, 1.807) is 6.07 Å². The summed E-state index contributed by atoms with van der Waals surface area (Å²) in [5.74, 6) is -0.854. The second kappa shape index (κ2) is 5.63. The molecule has 19 heavy (non-hydrogen) atoms. The molecule has 0 aliphatic carbocycles. The molecular formula is C11H12FN3O3S. The average molecular weight is 285 g/mol. The Hall–Kier alpha value is -1.53. The van der Waals surface area contributed by atoms with Crippen LogP contribution in [-0.2, 0) is 14.8 Å². The number of halogens is 1. The van der Waals surface area contributed by atoms with Crippen molar-refractivity contribution in [3.63, 3.8) is 0 Å². The Morgan fingerprint density at radius 2 is 2.05 bits per heavy atom. The van der Waals surface area contributed by atoms with Crippen LogP contribution in [0.2, 0.25) is 0 Å². The Morgan fingerprint density at radius 1 is 1.37 bits per heavy atom. The molecule has 0 aromatic heterocycles. The molecule has 1 heterocycles.